The number of thiazole rings is 1. The van der Waals surface area contributed by atoms with Gasteiger partial charge < -0.3 is 10.6 Å². The lowest BCUT2D eigenvalue weighted by Gasteiger charge is -2.16. The van der Waals surface area contributed by atoms with Crippen LogP contribution in [0.1, 0.15) is 25.1 Å². The maximum atomic E-state index is 12.4. The molecule has 1 aliphatic rings. The molecule has 4 rings (SSSR count). The van der Waals surface area contributed by atoms with Crippen LogP contribution in [-0.2, 0) is 21.4 Å². The van der Waals surface area contributed by atoms with Crippen molar-refractivity contribution in [1.29, 1.82) is 0 Å². The first-order valence-corrected chi connectivity index (χ1v) is 9.57. The fourth-order valence-corrected chi connectivity index (χ4v) is 3.95. The number of amides is 2. The van der Waals surface area contributed by atoms with E-state index < -0.39 is 5.41 Å². The van der Waals surface area contributed by atoms with E-state index in [1.54, 1.807) is 6.07 Å². The highest BCUT2D eigenvalue weighted by Crippen LogP contribution is 2.38. The van der Waals surface area contributed by atoms with Crippen LogP contribution in [-0.4, -0.2) is 16.8 Å². The summed E-state index contributed by atoms with van der Waals surface area (Å²) in [5.41, 5.74) is 3.57. The van der Waals surface area contributed by atoms with Crippen molar-refractivity contribution in [2.45, 2.75) is 25.7 Å². The number of anilines is 2. The first-order chi connectivity index (χ1) is 12.9. The van der Waals surface area contributed by atoms with Gasteiger partial charge in [0.15, 0.2) is 0 Å². The van der Waals surface area contributed by atoms with Crippen LogP contribution in [0.4, 0.5) is 11.4 Å². The summed E-state index contributed by atoms with van der Waals surface area (Å²) >= 11 is 1.53. The summed E-state index contributed by atoms with van der Waals surface area (Å²) < 4.78 is 0. The quantitative estimate of drug-likeness (QED) is 0.715. The Morgan fingerprint density at radius 1 is 1.19 bits per heavy atom. The number of carbonyl (C=O) groups is 2. The van der Waals surface area contributed by atoms with E-state index >= 15 is 0 Å². The molecule has 6 heteroatoms. The molecule has 2 aromatic carbocycles. The maximum Gasteiger partial charge on any atom is 0.234 e. The number of hydrogen-bond donors (Lipinski definition) is 2. The van der Waals surface area contributed by atoms with Gasteiger partial charge >= 0.3 is 0 Å². The molecule has 1 aliphatic heterocycles. The molecule has 136 valence electrons. The highest BCUT2D eigenvalue weighted by atomic mass is 32.1. The van der Waals surface area contributed by atoms with Gasteiger partial charge in [-0.2, -0.15) is 0 Å². The van der Waals surface area contributed by atoms with Crippen molar-refractivity contribution in [3.05, 3.63) is 65.2 Å². The average Bonchev–Trinajstić information content (AvgIpc) is 3.19. The molecule has 0 spiro atoms. The molecule has 0 saturated heterocycles. The lowest BCUT2D eigenvalue weighted by atomic mass is 9.86. The molecule has 0 aliphatic carbocycles. The summed E-state index contributed by atoms with van der Waals surface area (Å²) in [4.78, 5) is 29.0. The second-order valence-electron chi connectivity index (χ2n) is 7.07. The summed E-state index contributed by atoms with van der Waals surface area (Å²) in [6.45, 7) is 3.75. The third-order valence-electron chi connectivity index (χ3n) is 4.71. The Hall–Kier alpha value is -2.99. The van der Waals surface area contributed by atoms with Gasteiger partial charge in [0.05, 0.1) is 17.5 Å². The van der Waals surface area contributed by atoms with Crippen LogP contribution in [0.2, 0.25) is 0 Å². The second kappa shape index (κ2) is 6.63. The van der Waals surface area contributed by atoms with Gasteiger partial charge in [-0.1, -0.05) is 30.3 Å². The predicted octanol–water partition coefficient (Wildman–Crippen LogP) is 4.22. The van der Waals surface area contributed by atoms with Crippen molar-refractivity contribution in [3.63, 3.8) is 0 Å². The average molecular weight is 377 g/mol. The van der Waals surface area contributed by atoms with Gasteiger partial charge in [0.25, 0.3) is 0 Å². The van der Waals surface area contributed by atoms with Crippen molar-refractivity contribution in [2.75, 3.05) is 10.6 Å². The van der Waals surface area contributed by atoms with Gasteiger partial charge in [0, 0.05) is 22.3 Å². The Balaban J connectivity index is 1.46. The Labute approximate surface area is 161 Å². The van der Waals surface area contributed by atoms with Crippen LogP contribution in [0.25, 0.3) is 10.6 Å². The van der Waals surface area contributed by atoms with E-state index in [2.05, 4.69) is 15.6 Å². The molecule has 0 fully saturated rings. The summed E-state index contributed by atoms with van der Waals surface area (Å²) in [6.07, 6.45) is 0.209. The van der Waals surface area contributed by atoms with E-state index in [9.17, 15) is 9.59 Å². The van der Waals surface area contributed by atoms with Crippen molar-refractivity contribution in [3.8, 4) is 10.6 Å². The molecule has 27 heavy (non-hydrogen) atoms. The van der Waals surface area contributed by atoms with Crippen LogP contribution in [0.15, 0.2) is 53.9 Å². The molecule has 3 aromatic rings. The summed E-state index contributed by atoms with van der Waals surface area (Å²) in [7, 11) is 0. The molecule has 2 heterocycles. The highest BCUT2D eigenvalue weighted by Gasteiger charge is 2.38. The number of nitrogens with zero attached hydrogens (tertiary/aromatic N) is 1. The van der Waals surface area contributed by atoms with Gasteiger partial charge in [-0.15, -0.1) is 11.3 Å². The largest absolute Gasteiger partial charge is 0.326 e. The number of carbonyl (C=O) groups excluding carboxylic acids is 2. The standard InChI is InChI=1S/C21H19N3O2S/c1-21(2)16-10-14(8-9-17(16)24-20(21)26)22-18(25)11-15-12-27-19(23-15)13-6-4-3-5-7-13/h3-10,12H,11H2,1-2H3,(H,22,25)(H,24,26). The van der Waals surface area contributed by atoms with Crippen LogP contribution < -0.4 is 10.6 Å². The zero-order chi connectivity index (χ0) is 19.0. The molecule has 0 saturated carbocycles. The summed E-state index contributed by atoms with van der Waals surface area (Å²) in [5, 5.41) is 8.59. The van der Waals surface area contributed by atoms with Crippen molar-refractivity contribution < 1.29 is 9.59 Å². The van der Waals surface area contributed by atoms with Crippen molar-refractivity contribution in [2.24, 2.45) is 0 Å². The van der Waals surface area contributed by atoms with Crippen molar-refractivity contribution >= 4 is 34.5 Å². The van der Waals surface area contributed by atoms with E-state index in [4.69, 9.17) is 0 Å². The molecular weight excluding hydrogens is 358 g/mol. The SMILES string of the molecule is CC1(C)C(=O)Nc2ccc(NC(=O)Cc3csc(-c4ccccc4)n3)cc21. The maximum absolute atomic E-state index is 12.4. The second-order valence-corrected chi connectivity index (χ2v) is 7.93. The van der Waals surface area contributed by atoms with Gasteiger partial charge in [0.1, 0.15) is 5.01 Å². The highest BCUT2D eigenvalue weighted by molar-refractivity contribution is 7.13. The Morgan fingerprint density at radius 3 is 2.74 bits per heavy atom. The lowest BCUT2D eigenvalue weighted by molar-refractivity contribution is -0.119. The fraction of sp³-hybridized carbons (Fsp3) is 0.190. The van der Waals surface area contributed by atoms with E-state index in [0.29, 0.717) is 5.69 Å². The predicted molar refractivity (Wildman–Crippen MR) is 108 cm³/mol. The van der Waals surface area contributed by atoms with Crippen LogP contribution in [0.3, 0.4) is 0 Å². The molecule has 0 bridgehead atoms. The molecule has 2 amide bonds. The number of hydrogen-bond acceptors (Lipinski definition) is 4. The van der Waals surface area contributed by atoms with E-state index in [-0.39, 0.29) is 18.2 Å². The molecule has 0 radical (unpaired) electrons. The van der Waals surface area contributed by atoms with Gasteiger partial charge in [0.2, 0.25) is 11.8 Å². The van der Waals surface area contributed by atoms with Crippen LogP contribution in [0.5, 0.6) is 0 Å². The minimum atomic E-state index is -0.602. The molecule has 0 atom stereocenters. The third kappa shape index (κ3) is 3.36. The number of aromatic nitrogens is 1. The Morgan fingerprint density at radius 2 is 1.96 bits per heavy atom. The molecule has 0 unspecified atom stereocenters. The fourth-order valence-electron chi connectivity index (χ4n) is 3.12. The number of benzene rings is 2. The minimum absolute atomic E-state index is 0.0307. The number of nitrogens with one attached hydrogen (secondary N) is 2. The van der Waals surface area contributed by atoms with Crippen molar-refractivity contribution in [1.82, 2.24) is 4.98 Å². The minimum Gasteiger partial charge on any atom is -0.326 e. The Bertz CT molecular complexity index is 1020. The van der Waals surface area contributed by atoms with E-state index in [1.165, 1.54) is 11.3 Å². The van der Waals surface area contributed by atoms with Gasteiger partial charge in [-0.25, -0.2) is 4.98 Å². The lowest BCUT2D eigenvalue weighted by Crippen LogP contribution is -2.27. The van der Waals surface area contributed by atoms with Crippen LogP contribution in [0, 0.1) is 0 Å². The normalized spacial score (nSPS) is 14.5. The first-order valence-electron chi connectivity index (χ1n) is 8.69. The topological polar surface area (TPSA) is 71.1 Å². The number of rotatable bonds is 4. The zero-order valence-electron chi connectivity index (χ0n) is 15.1. The Kier molecular flexibility index (Phi) is 4.28. The third-order valence-corrected chi connectivity index (χ3v) is 5.65. The smallest absolute Gasteiger partial charge is 0.234 e. The molecular formula is C21H19N3O2S. The van der Waals surface area contributed by atoms with Gasteiger partial charge in [-0.05, 0) is 37.6 Å². The molecule has 1 aromatic heterocycles. The molecule has 2 N–H and O–H groups in total. The van der Waals surface area contributed by atoms with E-state index in [0.717, 1.165) is 27.5 Å². The molecule has 5 nitrogen and oxygen atoms in total. The monoisotopic (exact) mass is 377 g/mol. The number of fused-ring (bicyclic) bond motifs is 1. The van der Waals surface area contributed by atoms with E-state index in [1.807, 2.05) is 61.7 Å². The van der Waals surface area contributed by atoms with Crippen LogP contribution >= 0.6 is 11.3 Å². The summed E-state index contributed by atoms with van der Waals surface area (Å²) in [6, 6.07) is 15.4. The summed E-state index contributed by atoms with van der Waals surface area (Å²) in [5.74, 6) is -0.160. The first kappa shape index (κ1) is 17.4. The van der Waals surface area contributed by atoms with Gasteiger partial charge in [-0.3, -0.25) is 9.59 Å². The zero-order valence-corrected chi connectivity index (χ0v) is 15.9.